The molecule has 64 valence electrons. The highest BCUT2D eigenvalue weighted by Gasteiger charge is 2.48. The molecule has 0 nitrogen and oxygen atoms in total. The molecule has 0 aromatic heterocycles. The Kier molecular flexibility index (Phi) is 1.74. The van der Waals surface area contributed by atoms with Crippen LogP contribution in [0, 0.1) is 29.6 Å². The van der Waals surface area contributed by atoms with E-state index in [-0.39, 0.29) is 0 Å². The molecule has 0 N–H and O–H groups in total. The van der Waals surface area contributed by atoms with Crippen molar-refractivity contribution in [1.29, 1.82) is 0 Å². The van der Waals surface area contributed by atoms with Crippen molar-refractivity contribution in [2.24, 2.45) is 29.6 Å². The first kappa shape index (κ1) is 7.64. The van der Waals surface area contributed by atoms with Crippen LogP contribution in [0.25, 0.3) is 0 Å². The van der Waals surface area contributed by atoms with Crippen LogP contribution in [0.2, 0.25) is 0 Å². The second kappa shape index (κ2) is 2.50. The van der Waals surface area contributed by atoms with Gasteiger partial charge >= 0.3 is 0 Å². The maximum atomic E-state index is 2.46. The zero-order chi connectivity index (χ0) is 8.01. The number of hydrogen-bond acceptors (Lipinski definition) is 0. The second-order valence-corrected chi connectivity index (χ2v) is 5.01. The molecule has 3 unspecified atom stereocenters. The standard InChI is InChI=1S/C11H20/c1-7(2)8(3)11-9-4-5-10(11)6-9/h7-11H,4-6H2,1-3H3. The maximum Gasteiger partial charge on any atom is -0.0329 e. The molecular formula is C11H20. The minimum absolute atomic E-state index is 0.906. The van der Waals surface area contributed by atoms with Gasteiger partial charge in [-0.2, -0.15) is 0 Å². The van der Waals surface area contributed by atoms with Gasteiger partial charge in [0.15, 0.2) is 0 Å². The maximum absolute atomic E-state index is 2.46. The Labute approximate surface area is 70.4 Å². The van der Waals surface area contributed by atoms with Crippen LogP contribution in [0.1, 0.15) is 40.0 Å². The lowest BCUT2D eigenvalue weighted by Crippen LogP contribution is -2.35. The molecule has 0 spiro atoms. The minimum Gasteiger partial charge on any atom is -0.0625 e. The first-order chi connectivity index (χ1) is 5.20. The van der Waals surface area contributed by atoms with Crippen molar-refractivity contribution in [3.8, 4) is 0 Å². The van der Waals surface area contributed by atoms with Crippen molar-refractivity contribution in [3.63, 3.8) is 0 Å². The van der Waals surface area contributed by atoms with Gasteiger partial charge in [0.2, 0.25) is 0 Å². The highest BCUT2D eigenvalue weighted by molar-refractivity contribution is 4.98. The average Bonchev–Trinajstić information content (AvgIpc) is 2.44. The molecule has 3 aliphatic rings. The van der Waals surface area contributed by atoms with E-state index in [0.717, 1.165) is 29.6 Å². The Morgan fingerprint density at radius 3 is 1.91 bits per heavy atom. The van der Waals surface area contributed by atoms with E-state index in [1.165, 1.54) is 0 Å². The third-order valence-electron chi connectivity index (χ3n) is 4.26. The van der Waals surface area contributed by atoms with Crippen molar-refractivity contribution in [2.75, 3.05) is 0 Å². The fourth-order valence-corrected chi connectivity index (χ4v) is 3.24. The van der Waals surface area contributed by atoms with E-state index in [4.69, 9.17) is 0 Å². The molecule has 3 fully saturated rings. The Morgan fingerprint density at radius 1 is 1.00 bits per heavy atom. The normalized spacial score (nSPS) is 44.2. The molecule has 0 amide bonds. The van der Waals surface area contributed by atoms with Crippen LogP contribution in [-0.4, -0.2) is 0 Å². The van der Waals surface area contributed by atoms with Gasteiger partial charge in [-0.05, 0) is 48.9 Å². The summed E-state index contributed by atoms with van der Waals surface area (Å²) >= 11 is 0. The fraction of sp³-hybridized carbons (Fsp3) is 1.00. The summed E-state index contributed by atoms with van der Waals surface area (Å²) in [7, 11) is 0. The molecule has 11 heavy (non-hydrogen) atoms. The van der Waals surface area contributed by atoms with Crippen molar-refractivity contribution in [1.82, 2.24) is 0 Å². The topological polar surface area (TPSA) is 0 Å². The predicted octanol–water partition coefficient (Wildman–Crippen LogP) is 3.32. The van der Waals surface area contributed by atoms with Gasteiger partial charge in [-0.15, -0.1) is 0 Å². The summed E-state index contributed by atoms with van der Waals surface area (Å²) in [5.41, 5.74) is 0. The van der Waals surface area contributed by atoms with Crippen LogP contribution >= 0.6 is 0 Å². The molecule has 0 aliphatic heterocycles. The highest BCUT2D eigenvalue weighted by Crippen LogP contribution is 2.57. The van der Waals surface area contributed by atoms with Crippen LogP contribution in [0.15, 0.2) is 0 Å². The fourth-order valence-electron chi connectivity index (χ4n) is 3.24. The smallest absolute Gasteiger partial charge is 0.0329 e. The third kappa shape index (κ3) is 1.02. The van der Waals surface area contributed by atoms with Crippen LogP contribution in [0.3, 0.4) is 0 Å². The monoisotopic (exact) mass is 152 g/mol. The summed E-state index contributed by atoms with van der Waals surface area (Å²) in [5, 5.41) is 0. The molecule has 3 aliphatic carbocycles. The zero-order valence-corrected chi connectivity index (χ0v) is 8.01. The predicted molar refractivity (Wildman–Crippen MR) is 48.3 cm³/mol. The van der Waals surface area contributed by atoms with Gasteiger partial charge in [0, 0.05) is 0 Å². The number of rotatable bonds is 2. The first-order valence-electron chi connectivity index (χ1n) is 5.20. The molecule has 3 saturated carbocycles. The SMILES string of the molecule is CC(C)C(C)C1C2CCC1C2. The molecule has 3 atom stereocenters. The number of hydrogen-bond donors (Lipinski definition) is 0. The van der Waals surface area contributed by atoms with Crippen LogP contribution in [-0.2, 0) is 0 Å². The molecule has 0 aromatic carbocycles. The van der Waals surface area contributed by atoms with Gasteiger partial charge in [0.1, 0.15) is 0 Å². The summed E-state index contributed by atoms with van der Waals surface area (Å²) in [6.45, 7) is 7.21. The first-order valence-corrected chi connectivity index (χ1v) is 5.20. The molecule has 3 rings (SSSR count). The molecule has 0 aromatic rings. The van der Waals surface area contributed by atoms with Crippen molar-refractivity contribution in [2.45, 2.75) is 40.0 Å². The van der Waals surface area contributed by atoms with Gasteiger partial charge < -0.3 is 0 Å². The summed E-state index contributed by atoms with van der Waals surface area (Å²) < 4.78 is 0. The molecular weight excluding hydrogens is 132 g/mol. The Morgan fingerprint density at radius 2 is 1.55 bits per heavy atom. The Balaban J connectivity index is 1.96. The molecule has 0 heterocycles. The third-order valence-corrected chi connectivity index (χ3v) is 4.26. The molecule has 0 heteroatoms. The van der Waals surface area contributed by atoms with E-state index < -0.39 is 0 Å². The molecule has 0 radical (unpaired) electrons. The highest BCUT2D eigenvalue weighted by atomic mass is 14.5. The van der Waals surface area contributed by atoms with E-state index in [0.29, 0.717) is 0 Å². The lowest BCUT2D eigenvalue weighted by Gasteiger charge is -2.42. The summed E-state index contributed by atoms with van der Waals surface area (Å²) in [6.07, 6.45) is 4.67. The van der Waals surface area contributed by atoms with E-state index in [1.807, 2.05) is 0 Å². The van der Waals surface area contributed by atoms with Gasteiger partial charge in [-0.3, -0.25) is 0 Å². The van der Waals surface area contributed by atoms with Gasteiger partial charge in [-0.25, -0.2) is 0 Å². The summed E-state index contributed by atoms with van der Waals surface area (Å²) in [4.78, 5) is 0. The Bertz CT molecular complexity index is 134. The van der Waals surface area contributed by atoms with Crippen molar-refractivity contribution >= 4 is 0 Å². The van der Waals surface area contributed by atoms with E-state index >= 15 is 0 Å². The van der Waals surface area contributed by atoms with E-state index in [9.17, 15) is 0 Å². The number of fused-ring (bicyclic) bond motifs is 1. The lowest BCUT2D eigenvalue weighted by atomic mass is 9.63. The largest absolute Gasteiger partial charge is 0.0625 e. The summed E-state index contributed by atoms with van der Waals surface area (Å²) in [6, 6.07) is 0. The second-order valence-electron chi connectivity index (χ2n) is 5.01. The van der Waals surface area contributed by atoms with Crippen LogP contribution < -0.4 is 0 Å². The van der Waals surface area contributed by atoms with E-state index in [2.05, 4.69) is 20.8 Å². The molecule has 0 saturated heterocycles. The Hall–Kier alpha value is 0. The lowest BCUT2D eigenvalue weighted by molar-refractivity contribution is 0.0701. The van der Waals surface area contributed by atoms with Gasteiger partial charge in [-0.1, -0.05) is 20.8 Å². The quantitative estimate of drug-likeness (QED) is 0.569. The van der Waals surface area contributed by atoms with Gasteiger partial charge in [0.05, 0.1) is 0 Å². The minimum atomic E-state index is 0.906. The average molecular weight is 152 g/mol. The van der Waals surface area contributed by atoms with Gasteiger partial charge in [0.25, 0.3) is 0 Å². The van der Waals surface area contributed by atoms with Crippen LogP contribution in [0.5, 0.6) is 0 Å². The van der Waals surface area contributed by atoms with Crippen molar-refractivity contribution < 1.29 is 0 Å². The van der Waals surface area contributed by atoms with Crippen molar-refractivity contribution in [3.05, 3.63) is 0 Å². The summed E-state index contributed by atoms with van der Waals surface area (Å²) in [5.74, 6) is 5.29. The zero-order valence-electron chi connectivity index (χ0n) is 8.01. The van der Waals surface area contributed by atoms with Crippen LogP contribution in [0.4, 0.5) is 0 Å². The molecule has 2 bridgehead atoms. The van der Waals surface area contributed by atoms with E-state index in [1.54, 1.807) is 19.3 Å².